The van der Waals surface area contributed by atoms with Crippen molar-refractivity contribution >= 4 is 11.6 Å². The molecule has 0 saturated carbocycles. The number of benzene rings is 1. The molecule has 1 fully saturated rings. The van der Waals surface area contributed by atoms with Gasteiger partial charge in [0.15, 0.2) is 0 Å². The maximum absolute atomic E-state index is 5.98. The summed E-state index contributed by atoms with van der Waals surface area (Å²) >= 11 is 5.98. The van der Waals surface area contributed by atoms with Gasteiger partial charge in [0.1, 0.15) is 5.75 Å². The van der Waals surface area contributed by atoms with E-state index in [0.29, 0.717) is 5.92 Å². The van der Waals surface area contributed by atoms with E-state index < -0.39 is 0 Å². The smallest absolute Gasteiger partial charge is 0.122 e. The summed E-state index contributed by atoms with van der Waals surface area (Å²) in [6, 6.07) is 5.82. The quantitative estimate of drug-likeness (QED) is 0.812. The summed E-state index contributed by atoms with van der Waals surface area (Å²) in [6.07, 6.45) is 1.16. The molecule has 3 heteroatoms. The second-order valence-electron chi connectivity index (χ2n) is 3.58. The van der Waals surface area contributed by atoms with Crippen molar-refractivity contribution in [3.63, 3.8) is 0 Å². The third-order valence-electron chi connectivity index (χ3n) is 2.69. The number of halogens is 1. The summed E-state index contributed by atoms with van der Waals surface area (Å²) in [7, 11) is 1.70. The predicted molar refractivity (Wildman–Crippen MR) is 58.2 cm³/mol. The Bertz CT molecular complexity index is 321. The van der Waals surface area contributed by atoms with E-state index in [1.807, 2.05) is 18.2 Å². The van der Waals surface area contributed by atoms with Gasteiger partial charge in [-0.3, -0.25) is 0 Å². The molecule has 0 radical (unpaired) electrons. The van der Waals surface area contributed by atoms with E-state index in [-0.39, 0.29) is 0 Å². The lowest BCUT2D eigenvalue weighted by Crippen LogP contribution is -2.08. The van der Waals surface area contributed by atoms with Gasteiger partial charge in [0.05, 0.1) is 7.11 Å². The molecule has 1 aromatic rings. The van der Waals surface area contributed by atoms with Crippen molar-refractivity contribution in [2.75, 3.05) is 20.2 Å². The van der Waals surface area contributed by atoms with Crippen LogP contribution in [0.25, 0.3) is 0 Å². The van der Waals surface area contributed by atoms with Crippen LogP contribution < -0.4 is 10.1 Å². The Labute approximate surface area is 89.2 Å². The van der Waals surface area contributed by atoms with Gasteiger partial charge in [0.25, 0.3) is 0 Å². The van der Waals surface area contributed by atoms with E-state index in [9.17, 15) is 0 Å². The third kappa shape index (κ3) is 1.86. The molecule has 1 saturated heterocycles. The predicted octanol–water partition coefficient (Wildman–Crippen LogP) is 2.43. The Balaban J connectivity index is 2.33. The molecule has 76 valence electrons. The van der Waals surface area contributed by atoms with Crippen LogP contribution in [0.15, 0.2) is 18.2 Å². The van der Waals surface area contributed by atoms with E-state index in [1.54, 1.807) is 7.11 Å². The molecule has 1 aromatic carbocycles. The molecule has 2 nitrogen and oxygen atoms in total. The maximum atomic E-state index is 5.98. The summed E-state index contributed by atoms with van der Waals surface area (Å²) in [4.78, 5) is 0. The zero-order valence-electron chi connectivity index (χ0n) is 8.22. The van der Waals surface area contributed by atoms with Gasteiger partial charge in [-0.05, 0) is 36.7 Å². The first-order valence-electron chi connectivity index (χ1n) is 4.85. The third-order valence-corrected chi connectivity index (χ3v) is 2.93. The molecule has 0 bridgehead atoms. The molecule has 1 unspecified atom stereocenters. The van der Waals surface area contributed by atoms with Crippen LogP contribution >= 0.6 is 11.6 Å². The molecule has 0 amide bonds. The second-order valence-corrected chi connectivity index (χ2v) is 4.01. The van der Waals surface area contributed by atoms with Gasteiger partial charge in [-0.25, -0.2) is 0 Å². The van der Waals surface area contributed by atoms with Gasteiger partial charge in [0.2, 0.25) is 0 Å². The Hall–Kier alpha value is -0.730. The molecule has 0 aromatic heterocycles. The number of rotatable bonds is 2. The molecular weight excluding hydrogens is 198 g/mol. The fourth-order valence-electron chi connectivity index (χ4n) is 1.94. The van der Waals surface area contributed by atoms with Crippen molar-refractivity contribution in [2.45, 2.75) is 12.3 Å². The number of ether oxygens (including phenoxy) is 1. The number of hydrogen-bond acceptors (Lipinski definition) is 2. The largest absolute Gasteiger partial charge is 0.496 e. The summed E-state index contributed by atoms with van der Waals surface area (Å²) in [5.74, 6) is 1.49. The van der Waals surface area contributed by atoms with Crippen LogP contribution in [0, 0.1) is 0 Å². The van der Waals surface area contributed by atoms with Crippen molar-refractivity contribution in [3.05, 3.63) is 28.8 Å². The maximum Gasteiger partial charge on any atom is 0.122 e. The summed E-state index contributed by atoms with van der Waals surface area (Å²) in [6.45, 7) is 2.11. The fourth-order valence-corrected chi connectivity index (χ4v) is 2.12. The van der Waals surface area contributed by atoms with Crippen LogP contribution in [0.5, 0.6) is 5.75 Å². The van der Waals surface area contributed by atoms with E-state index in [4.69, 9.17) is 16.3 Å². The van der Waals surface area contributed by atoms with Gasteiger partial charge < -0.3 is 10.1 Å². The van der Waals surface area contributed by atoms with Crippen molar-refractivity contribution in [1.82, 2.24) is 5.32 Å². The van der Waals surface area contributed by atoms with E-state index >= 15 is 0 Å². The van der Waals surface area contributed by atoms with Crippen molar-refractivity contribution in [1.29, 1.82) is 0 Å². The minimum absolute atomic E-state index is 0.545. The lowest BCUT2D eigenvalue weighted by molar-refractivity contribution is 0.406. The van der Waals surface area contributed by atoms with Gasteiger partial charge >= 0.3 is 0 Å². The van der Waals surface area contributed by atoms with E-state index in [1.165, 1.54) is 5.56 Å². The molecule has 1 heterocycles. The first-order chi connectivity index (χ1) is 6.81. The molecule has 1 aliphatic heterocycles. The lowest BCUT2D eigenvalue weighted by atomic mass is 9.97. The van der Waals surface area contributed by atoms with Crippen LogP contribution in [-0.4, -0.2) is 20.2 Å². The first-order valence-corrected chi connectivity index (χ1v) is 5.23. The second kappa shape index (κ2) is 4.20. The molecular formula is C11H14ClNO. The summed E-state index contributed by atoms with van der Waals surface area (Å²) in [5, 5.41) is 4.13. The van der Waals surface area contributed by atoms with Crippen molar-refractivity contribution in [3.8, 4) is 5.75 Å². The Morgan fingerprint density at radius 3 is 3.00 bits per heavy atom. The number of nitrogens with one attached hydrogen (secondary N) is 1. The van der Waals surface area contributed by atoms with Gasteiger partial charge in [-0.2, -0.15) is 0 Å². The average Bonchev–Trinajstić information content (AvgIpc) is 2.70. The molecule has 2 rings (SSSR count). The standard InChI is InChI=1S/C11H14ClNO/c1-14-11-3-2-9(12)6-10(11)8-4-5-13-7-8/h2-3,6,8,13H,4-5,7H2,1H3. The lowest BCUT2D eigenvalue weighted by Gasteiger charge is -2.13. The van der Waals surface area contributed by atoms with E-state index in [2.05, 4.69) is 5.32 Å². The molecule has 0 spiro atoms. The van der Waals surface area contributed by atoms with Gasteiger partial charge in [0, 0.05) is 17.5 Å². The van der Waals surface area contributed by atoms with Crippen LogP contribution in [0.3, 0.4) is 0 Å². The topological polar surface area (TPSA) is 21.3 Å². The van der Waals surface area contributed by atoms with E-state index in [0.717, 1.165) is 30.3 Å². The normalized spacial score (nSPS) is 21.1. The van der Waals surface area contributed by atoms with Gasteiger partial charge in [-0.15, -0.1) is 0 Å². The van der Waals surface area contributed by atoms with Crippen LogP contribution in [-0.2, 0) is 0 Å². The molecule has 1 N–H and O–H groups in total. The highest BCUT2D eigenvalue weighted by Crippen LogP contribution is 2.32. The SMILES string of the molecule is COc1ccc(Cl)cc1C1CCNC1. The number of hydrogen-bond donors (Lipinski definition) is 1. The highest BCUT2D eigenvalue weighted by atomic mass is 35.5. The zero-order valence-corrected chi connectivity index (χ0v) is 8.97. The minimum atomic E-state index is 0.545. The van der Waals surface area contributed by atoms with Crippen molar-refractivity contribution < 1.29 is 4.74 Å². The Kier molecular flexibility index (Phi) is 2.94. The molecule has 14 heavy (non-hydrogen) atoms. The molecule has 1 atom stereocenters. The molecule has 0 aliphatic carbocycles. The van der Waals surface area contributed by atoms with Crippen LogP contribution in [0.2, 0.25) is 5.02 Å². The highest BCUT2D eigenvalue weighted by Gasteiger charge is 2.20. The molecule has 1 aliphatic rings. The van der Waals surface area contributed by atoms with Gasteiger partial charge in [-0.1, -0.05) is 11.6 Å². The summed E-state index contributed by atoms with van der Waals surface area (Å²) in [5.41, 5.74) is 1.23. The van der Waals surface area contributed by atoms with Crippen LogP contribution in [0.4, 0.5) is 0 Å². The Morgan fingerprint density at radius 2 is 2.36 bits per heavy atom. The fraction of sp³-hybridized carbons (Fsp3) is 0.455. The monoisotopic (exact) mass is 211 g/mol. The summed E-state index contributed by atoms with van der Waals surface area (Å²) < 4.78 is 5.33. The minimum Gasteiger partial charge on any atom is -0.496 e. The van der Waals surface area contributed by atoms with Crippen molar-refractivity contribution in [2.24, 2.45) is 0 Å². The highest BCUT2D eigenvalue weighted by molar-refractivity contribution is 6.30. The Morgan fingerprint density at radius 1 is 1.50 bits per heavy atom. The van der Waals surface area contributed by atoms with Crippen LogP contribution in [0.1, 0.15) is 17.9 Å². The first kappa shape index (κ1) is 9.81. The zero-order chi connectivity index (χ0) is 9.97. The number of methoxy groups -OCH3 is 1. The average molecular weight is 212 g/mol.